The van der Waals surface area contributed by atoms with E-state index in [1.165, 1.54) is 17.1 Å². The van der Waals surface area contributed by atoms with E-state index in [1.54, 1.807) is 7.11 Å². The van der Waals surface area contributed by atoms with Crippen LogP contribution in [0.1, 0.15) is 5.56 Å². The van der Waals surface area contributed by atoms with Crippen molar-refractivity contribution >= 4 is 17.4 Å². The maximum atomic E-state index is 5.30. The van der Waals surface area contributed by atoms with Gasteiger partial charge in [0.2, 0.25) is 0 Å². The monoisotopic (exact) mass is 209 g/mol. The number of methoxy groups -OCH3 is 1. The van der Waals surface area contributed by atoms with Crippen LogP contribution in [0.15, 0.2) is 18.2 Å². The lowest BCUT2D eigenvalue weighted by Gasteiger charge is -2.27. The molecule has 0 saturated carbocycles. The Balaban J connectivity index is 2.15. The molecule has 76 valence electrons. The minimum Gasteiger partial charge on any atom is -0.495 e. The van der Waals surface area contributed by atoms with Gasteiger partial charge in [-0.3, -0.25) is 0 Å². The predicted octanol–water partition coefficient (Wildman–Crippen LogP) is 2.53. The van der Waals surface area contributed by atoms with Gasteiger partial charge in [0.05, 0.1) is 12.8 Å². The first-order valence-corrected chi connectivity index (χ1v) is 5.94. The second kappa shape index (κ2) is 4.13. The number of anilines is 1. The highest BCUT2D eigenvalue weighted by atomic mass is 32.2. The van der Waals surface area contributed by atoms with Crippen LogP contribution in [-0.4, -0.2) is 24.7 Å². The zero-order valence-corrected chi connectivity index (χ0v) is 9.36. The molecule has 1 aliphatic heterocycles. The largest absolute Gasteiger partial charge is 0.495 e. The summed E-state index contributed by atoms with van der Waals surface area (Å²) < 4.78 is 5.30. The minimum absolute atomic E-state index is 0.621. The van der Waals surface area contributed by atoms with Crippen LogP contribution >= 0.6 is 11.8 Å². The van der Waals surface area contributed by atoms with E-state index in [0.717, 1.165) is 11.4 Å². The van der Waals surface area contributed by atoms with Gasteiger partial charge < -0.3 is 10.1 Å². The zero-order chi connectivity index (χ0) is 9.97. The fourth-order valence-corrected chi connectivity index (χ4v) is 2.11. The van der Waals surface area contributed by atoms with Gasteiger partial charge in [0.25, 0.3) is 0 Å². The quantitative estimate of drug-likeness (QED) is 0.826. The Kier molecular flexibility index (Phi) is 2.87. The first-order valence-electron chi connectivity index (χ1n) is 4.78. The molecule has 0 radical (unpaired) electrons. The van der Waals surface area contributed by atoms with Crippen LogP contribution in [0.25, 0.3) is 0 Å². The van der Waals surface area contributed by atoms with E-state index in [9.17, 15) is 0 Å². The number of benzene rings is 1. The van der Waals surface area contributed by atoms with E-state index in [4.69, 9.17) is 4.74 Å². The van der Waals surface area contributed by atoms with Gasteiger partial charge in [-0.1, -0.05) is 6.07 Å². The highest BCUT2D eigenvalue weighted by Crippen LogP contribution is 2.29. The van der Waals surface area contributed by atoms with Gasteiger partial charge in [-0.25, -0.2) is 0 Å². The van der Waals surface area contributed by atoms with Crippen molar-refractivity contribution in [1.29, 1.82) is 0 Å². The average molecular weight is 209 g/mol. The van der Waals surface area contributed by atoms with Gasteiger partial charge in [-0.2, -0.15) is 11.8 Å². The van der Waals surface area contributed by atoms with Crippen LogP contribution in [0.4, 0.5) is 5.69 Å². The number of thioether (sulfide) groups is 1. The van der Waals surface area contributed by atoms with Gasteiger partial charge in [0.1, 0.15) is 5.75 Å². The fourth-order valence-electron chi connectivity index (χ4n) is 1.47. The lowest BCUT2D eigenvalue weighted by atomic mass is 10.2. The standard InChI is InChI=1S/C11H15NOS/c1-8-3-4-11(13-2)10(5-8)12-9-6-14-7-9/h3-5,9,12H,6-7H2,1-2H3. The third kappa shape index (κ3) is 1.98. The topological polar surface area (TPSA) is 21.3 Å². The maximum absolute atomic E-state index is 5.30. The summed E-state index contributed by atoms with van der Waals surface area (Å²) in [6, 6.07) is 6.85. The van der Waals surface area contributed by atoms with Crippen LogP contribution < -0.4 is 10.1 Å². The molecular weight excluding hydrogens is 194 g/mol. The second-order valence-corrected chi connectivity index (χ2v) is 4.66. The average Bonchev–Trinajstić information content (AvgIpc) is 2.12. The Bertz CT molecular complexity index is 323. The highest BCUT2D eigenvalue weighted by molar-refractivity contribution is 8.00. The smallest absolute Gasteiger partial charge is 0.141 e. The zero-order valence-electron chi connectivity index (χ0n) is 8.54. The lowest BCUT2D eigenvalue weighted by Crippen LogP contribution is -2.33. The van der Waals surface area contributed by atoms with Gasteiger partial charge >= 0.3 is 0 Å². The van der Waals surface area contributed by atoms with Crippen molar-refractivity contribution in [3.8, 4) is 5.75 Å². The van der Waals surface area contributed by atoms with Crippen LogP contribution in [0.2, 0.25) is 0 Å². The van der Waals surface area contributed by atoms with Crippen molar-refractivity contribution in [2.75, 3.05) is 23.9 Å². The maximum Gasteiger partial charge on any atom is 0.141 e. The van der Waals surface area contributed by atoms with Crippen molar-refractivity contribution in [3.63, 3.8) is 0 Å². The Morgan fingerprint density at radius 3 is 2.79 bits per heavy atom. The summed E-state index contributed by atoms with van der Waals surface area (Å²) in [5.41, 5.74) is 2.39. The Hall–Kier alpha value is -0.830. The van der Waals surface area contributed by atoms with Crippen molar-refractivity contribution in [1.82, 2.24) is 0 Å². The van der Waals surface area contributed by atoms with Crippen LogP contribution in [0.3, 0.4) is 0 Å². The van der Waals surface area contributed by atoms with Crippen LogP contribution in [0.5, 0.6) is 5.75 Å². The van der Waals surface area contributed by atoms with E-state index in [1.807, 2.05) is 17.8 Å². The number of hydrogen-bond acceptors (Lipinski definition) is 3. The molecule has 0 unspecified atom stereocenters. The molecule has 1 aromatic carbocycles. The molecule has 14 heavy (non-hydrogen) atoms. The minimum atomic E-state index is 0.621. The third-order valence-corrected chi connectivity index (χ3v) is 3.63. The molecule has 0 bridgehead atoms. The summed E-state index contributed by atoms with van der Waals surface area (Å²) >= 11 is 1.98. The fraction of sp³-hybridized carbons (Fsp3) is 0.455. The summed E-state index contributed by atoms with van der Waals surface area (Å²) in [4.78, 5) is 0. The van der Waals surface area contributed by atoms with E-state index < -0.39 is 0 Å². The lowest BCUT2D eigenvalue weighted by molar-refractivity contribution is 0.416. The van der Waals surface area contributed by atoms with E-state index >= 15 is 0 Å². The van der Waals surface area contributed by atoms with E-state index in [0.29, 0.717) is 6.04 Å². The molecule has 0 atom stereocenters. The molecule has 1 saturated heterocycles. The third-order valence-electron chi connectivity index (χ3n) is 2.35. The number of ether oxygens (including phenoxy) is 1. The number of rotatable bonds is 3. The van der Waals surface area contributed by atoms with Gasteiger partial charge in [0, 0.05) is 17.5 Å². The van der Waals surface area contributed by atoms with Gasteiger partial charge in [0.15, 0.2) is 0 Å². The van der Waals surface area contributed by atoms with Gasteiger partial charge in [-0.15, -0.1) is 0 Å². The molecule has 0 spiro atoms. The van der Waals surface area contributed by atoms with E-state index in [2.05, 4.69) is 24.4 Å². The Morgan fingerprint density at radius 2 is 2.21 bits per heavy atom. The molecule has 1 heterocycles. The molecule has 0 aliphatic carbocycles. The van der Waals surface area contributed by atoms with Crippen molar-refractivity contribution < 1.29 is 4.74 Å². The molecule has 0 aromatic heterocycles. The Labute approximate surface area is 89.0 Å². The molecule has 2 nitrogen and oxygen atoms in total. The van der Waals surface area contributed by atoms with E-state index in [-0.39, 0.29) is 0 Å². The van der Waals surface area contributed by atoms with Crippen molar-refractivity contribution in [2.45, 2.75) is 13.0 Å². The van der Waals surface area contributed by atoms with Crippen LogP contribution in [-0.2, 0) is 0 Å². The van der Waals surface area contributed by atoms with Crippen molar-refractivity contribution in [2.24, 2.45) is 0 Å². The molecule has 1 aromatic rings. The number of aryl methyl sites for hydroxylation is 1. The summed E-state index contributed by atoms with van der Waals surface area (Å²) in [6.07, 6.45) is 0. The summed E-state index contributed by atoms with van der Waals surface area (Å²) in [5, 5.41) is 3.49. The highest BCUT2D eigenvalue weighted by Gasteiger charge is 2.18. The summed E-state index contributed by atoms with van der Waals surface area (Å²) in [6.45, 7) is 2.10. The first kappa shape index (κ1) is 9.71. The predicted molar refractivity (Wildman–Crippen MR) is 62.5 cm³/mol. The molecular formula is C11H15NOS. The molecule has 1 N–H and O–H groups in total. The normalized spacial score (nSPS) is 16.1. The molecule has 3 heteroatoms. The van der Waals surface area contributed by atoms with Gasteiger partial charge in [-0.05, 0) is 24.6 Å². The second-order valence-electron chi connectivity index (χ2n) is 3.58. The summed E-state index contributed by atoms with van der Waals surface area (Å²) in [5.74, 6) is 3.35. The number of nitrogens with one attached hydrogen (secondary N) is 1. The SMILES string of the molecule is COc1ccc(C)cc1NC1CSC1. The molecule has 0 amide bonds. The molecule has 2 rings (SSSR count). The molecule has 1 fully saturated rings. The Morgan fingerprint density at radius 1 is 1.43 bits per heavy atom. The first-order chi connectivity index (χ1) is 6.79. The summed E-state index contributed by atoms with van der Waals surface area (Å²) in [7, 11) is 1.71. The van der Waals surface area contributed by atoms with Crippen LogP contribution in [0, 0.1) is 6.92 Å². The molecule has 1 aliphatic rings. The number of hydrogen-bond donors (Lipinski definition) is 1. The van der Waals surface area contributed by atoms with Crippen molar-refractivity contribution in [3.05, 3.63) is 23.8 Å².